The molecule has 1 aromatic rings. The summed E-state index contributed by atoms with van der Waals surface area (Å²) in [6.45, 7) is 1.15. The van der Waals surface area contributed by atoms with Crippen LogP contribution in [0.25, 0.3) is 0 Å². The van der Waals surface area contributed by atoms with Gasteiger partial charge >= 0.3 is 0 Å². The molecule has 1 unspecified atom stereocenters. The Balaban J connectivity index is 2.16. The number of piperidine rings is 1. The summed E-state index contributed by atoms with van der Waals surface area (Å²) in [4.78, 5) is 2.34. The topological polar surface area (TPSA) is 55.0 Å². The first-order valence-electron chi connectivity index (χ1n) is 5.07. The molecule has 0 aromatic carbocycles. The molecule has 1 aliphatic heterocycles. The third-order valence-corrected chi connectivity index (χ3v) is 2.82. The summed E-state index contributed by atoms with van der Waals surface area (Å²) in [6.07, 6.45) is 3.74. The molecule has 2 rings (SSSR count). The molecule has 1 aromatic heterocycles. The molecule has 1 saturated heterocycles. The maximum Gasteiger partial charge on any atom is 0.146 e. The van der Waals surface area contributed by atoms with E-state index in [0.717, 1.165) is 12.2 Å². The van der Waals surface area contributed by atoms with Gasteiger partial charge in [0.2, 0.25) is 0 Å². The molecule has 76 valence electrons. The van der Waals surface area contributed by atoms with Crippen LogP contribution < -0.4 is 5.73 Å². The Morgan fingerprint density at radius 3 is 2.86 bits per heavy atom. The first kappa shape index (κ1) is 9.40. The predicted molar refractivity (Wildman–Crippen MR) is 55.7 cm³/mol. The van der Waals surface area contributed by atoms with Crippen molar-refractivity contribution in [2.75, 3.05) is 19.3 Å². The third-order valence-electron chi connectivity index (χ3n) is 2.82. The predicted octanol–water partition coefficient (Wildman–Crippen LogP) is 1.22. The summed E-state index contributed by atoms with van der Waals surface area (Å²) >= 11 is 0. The van der Waals surface area contributed by atoms with Crippen molar-refractivity contribution in [3.63, 3.8) is 0 Å². The smallest absolute Gasteiger partial charge is 0.146 e. The lowest BCUT2D eigenvalue weighted by atomic mass is 10.00. The van der Waals surface area contributed by atoms with Crippen molar-refractivity contribution < 1.29 is 0 Å². The quantitative estimate of drug-likeness (QED) is 0.726. The number of hydrogen-bond donors (Lipinski definition) is 1. The number of aromatic nitrogens is 2. The van der Waals surface area contributed by atoms with E-state index in [1.807, 2.05) is 12.1 Å². The number of anilines is 1. The fourth-order valence-corrected chi connectivity index (χ4v) is 1.98. The van der Waals surface area contributed by atoms with Crippen molar-refractivity contribution in [1.29, 1.82) is 0 Å². The minimum atomic E-state index is 0.428. The van der Waals surface area contributed by atoms with Crippen molar-refractivity contribution in [2.24, 2.45) is 0 Å². The first-order valence-corrected chi connectivity index (χ1v) is 5.07. The normalized spacial score (nSPS) is 23.6. The zero-order valence-corrected chi connectivity index (χ0v) is 8.48. The second-order valence-electron chi connectivity index (χ2n) is 3.88. The van der Waals surface area contributed by atoms with Crippen LogP contribution in [0.4, 0.5) is 5.82 Å². The van der Waals surface area contributed by atoms with Crippen LogP contribution in [-0.2, 0) is 0 Å². The largest absolute Gasteiger partial charge is 0.382 e. The zero-order chi connectivity index (χ0) is 9.97. The Bertz CT molecular complexity index is 295. The molecule has 1 fully saturated rings. The maximum absolute atomic E-state index is 5.50. The first-order chi connectivity index (χ1) is 6.77. The van der Waals surface area contributed by atoms with E-state index < -0.39 is 0 Å². The molecule has 1 atom stereocenters. The van der Waals surface area contributed by atoms with Gasteiger partial charge in [-0.3, -0.25) is 4.90 Å². The molecule has 2 heterocycles. The van der Waals surface area contributed by atoms with Gasteiger partial charge in [0.25, 0.3) is 0 Å². The summed E-state index contributed by atoms with van der Waals surface area (Å²) in [5.74, 6) is 0.493. The van der Waals surface area contributed by atoms with Crippen molar-refractivity contribution >= 4 is 5.82 Å². The van der Waals surface area contributed by atoms with E-state index in [1.165, 1.54) is 19.3 Å². The lowest BCUT2D eigenvalue weighted by molar-refractivity contribution is 0.182. The molecule has 0 aliphatic carbocycles. The average Bonchev–Trinajstić information content (AvgIpc) is 2.20. The van der Waals surface area contributed by atoms with Gasteiger partial charge < -0.3 is 5.73 Å². The Labute approximate surface area is 84.1 Å². The van der Waals surface area contributed by atoms with Crippen LogP contribution >= 0.6 is 0 Å². The van der Waals surface area contributed by atoms with E-state index in [4.69, 9.17) is 5.73 Å². The number of likely N-dealkylation sites (tertiary alicyclic amines) is 1. The van der Waals surface area contributed by atoms with Gasteiger partial charge in [-0.1, -0.05) is 6.42 Å². The van der Waals surface area contributed by atoms with Crippen LogP contribution in [0.5, 0.6) is 0 Å². The van der Waals surface area contributed by atoms with Gasteiger partial charge in [-0.25, -0.2) is 0 Å². The Morgan fingerprint density at radius 2 is 2.21 bits per heavy atom. The SMILES string of the molecule is CN1CCCCC1c1ccc(N)nn1. The van der Waals surface area contributed by atoms with Gasteiger partial charge in [0, 0.05) is 0 Å². The molecular weight excluding hydrogens is 176 g/mol. The highest BCUT2D eigenvalue weighted by molar-refractivity contribution is 5.26. The number of hydrogen-bond acceptors (Lipinski definition) is 4. The molecule has 0 saturated carbocycles. The lowest BCUT2D eigenvalue weighted by Gasteiger charge is -2.31. The Kier molecular flexibility index (Phi) is 2.63. The Morgan fingerprint density at radius 1 is 1.36 bits per heavy atom. The van der Waals surface area contributed by atoms with Crippen LogP contribution in [0.15, 0.2) is 12.1 Å². The fourth-order valence-electron chi connectivity index (χ4n) is 1.98. The molecule has 1 aliphatic rings. The van der Waals surface area contributed by atoms with E-state index in [0.29, 0.717) is 11.9 Å². The van der Waals surface area contributed by atoms with Crippen molar-refractivity contribution in [3.05, 3.63) is 17.8 Å². The molecule has 14 heavy (non-hydrogen) atoms. The van der Waals surface area contributed by atoms with Gasteiger partial charge in [-0.15, -0.1) is 5.10 Å². The molecular formula is C10H16N4. The molecule has 4 heteroatoms. The minimum absolute atomic E-state index is 0.428. The summed E-state index contributed by atoms with van der Waals surface area (Å²) in [5.41, 5.74) is 6.55. The van der Waals surface area contributed by atoms with Crippen molar-refractivity contribution in [2.45, 2.75) is 25.3 Å². The van der Waals surface area contributed by atoms with Gasteiger partial charge in [-0.05, 0) is 38.6 Å². The van der Waals surface area contributed by atoms with E-state index >= 15 is 0 Å². The Hall–Kier alpha value is -1.16. The maximum atomic E-state index is 5.50. The van der Waals surface area contributed by atoms with Crippen LogP contribution in [0.1, 0.15) is 31.0 Å². The van der Waals surface area contributed by atoms with E-state index in [9.17, 15) is 0 Å². The van der Waals surface area contributed by atoms with E-state index in [-0.39, 0.29) is 0 Å². The summed E-state index contributed by atoms with van der Waals surface area (Å²) in [7, 11) is 2.14. The molecule has 2 N–H and O–H groups in total. The zero-order valence-electron chi connectivity index (χ0n) is 8.48. The highest BCUT2D eigenvalue weighted by Gasteiger charge is 2.21. The van der Waals surface area contributed by atoms with Gasteiger partial charge in [0.05, 0.1) is 11.7 Å². The van der Waals surface area contributed by atoms with Crippen LogP contribution in [-0.4, -0.2) is 28.7 Å². The van der Waals surface area contributed by atoms with Crippen LogP contribution in [0.2, 0.25) is 0 Å². The monoisotopic (exact) mass is 192 g/mol. The van der Waals surface area contributed by atoms with Crippen molar-refractivity contribution in [1.82, 2.24) is 15.1 Å². The second-order valence-corrected chi connectivity index (χ2v) is 3.88. The molecule has 0 amide bonds. The number of nitrogen functional groups attached to an aromatic ring is 1. The fraction of sp³-hybridized carbons (Fsp3) is 0.600. The average molecular weight is 192 g/mol. The number of nitrogens with zero attached hydrogens (tertiary/aromatic N) is 3. The molecule has 4 nitrogen and oxygen atoms in total. The lowest BCUT2D eigenvalue weighted by Crippen LogP contribution is -2.30. The second kappa shape index (κ2) is 3.92. The van der Waals surface area contributed by atoms with Gasteiger partial charge in [-0.2, -0.15) is 5.10 Å². The number of rotatable bonds is 1. The highest BCUT2D eigenvalue weighted by atomic mass is 15.2. The molecule has 0 spiro atoms. The van der Waals surface area contributed by atoms with Crippen LogP contribution in [0, 0.1) is 0 Å². The minimum Gasteiger partial charge on any atom is -0.382 e. The highest BCUT2D eigenvalue weighted by Crippen LogP contribution is 2.27. The summed E-state index contributed by atoms with van der Waals surface area (Å²) < 4.78 is 0. The number of nitrogens with two attached hydrogens (primary N) is 1. The third kappa shape index (κ3) is 1.85. The van der Waals surface area contributed by atoms with Gasteiger partial charge in [0.15, 0.2) is 0 Å². The van der Waals surface area contributed by atoms with E-state index in [1.54, 1.807) is 0 Å². The van der Waals surface area contributed by atoms with E-state index in [2.05, 4.69) is 22.1 Å². The van der Waals surface area contributed by atoms with Crippen LogP contribution in [0.3, 0.4) is 0 Å². The standard InChI is InChI=1S/C10H16N4/c1-14-7-3-2-4-9(14)8-5-6-10(11)13-12-8/h5-6,9H,2-4,7H2,1H3,(H2,11,13). The molecule has 0 radical (unpaired) electrons. The van der Waals surface area contributed by atoms with Gasteiger partial charge in [0.1, 0.15) is 5.82 Å². The van der Waals surface area contributed by atoms with Crippen molar-refractivity contribution in [3.8, 4) is 0 Å². The summed E-state index contributed by atoms with van der Waals surface area (Å²) in [5, 5.41) is 8.03. The summed E-state index contributed by atoms with van der Waals surface area (Å²) in [6, 6.07) is 4.23. The molecule has 0 bridgehead atoms.